The summed E-state index contributed by atoms with van der Waals surface area (Å²) < 4.78 is 5.46. The van der Waals surface area contributed by atoms with Crippen LogP contribution in [0.2, 0.25) is 0 Å². The molecule has 1 aliphatic rings. The molecule has 2 aromatic heterocycles. The van der Waals surface area contributed by atoms with Crippen LogP contribution in [0, 0.1) is 18.4 Å². The fourth-order valence-electron chi connectivity index (χ4n) is 3.19. The summed E-state index contributed by atoms with van der Waals surface area (Å²) in [6.07, 6.45) is 7.72. The van der Waals surface area contributed by atoms with Gasteiger partial charge in [-0.05, 0) is 49.1 Å². The van der Waals surface area contributed by atoms with Crippen LogP contribution in [-0.2, 0) is 0 Å². The van der Waals surface area contributed by atoms with Crippen molar-refractivity contribution in [2.75, 3.05) is 6.54 Å². The molecule has 1 aromatic carbocycles. The Morgan fingerprint density at radius 1 is 1.20 bits per heavy atom. The maximum absolute atomic E-state index is 9.19. The van der Waals surface area contributed by atoms with E-state index >= 15 is 0 Å². The lowest BCUT2D eigenvalue weighted by Gasteiger charge is -2.13. The normalized spacial score (nSPS) is 16.8. The van der Waals surface area contributed by atoms with Crippen LogP contribution in [0.3, 0.4) is 0 Å². The summed E-state index contributed by atoms with van der Waals surface area (Å²) in [6, 6.07) is 9.98. The van der Waals surface area contributed by atoms with Crippen LogP contribution >= 0.6 is 0 Å². The minimum atomic E-state index is -0.0772. The van der Waals surface area contributed by atoms with Crippen molar-refractivity contribution in [3.63, 3.8) is 0 Å². The minimum Gasteiger partial charge on any atom is -0.334 e. The number of rotatable bonds is 3. The number of hydrogen-bond acceptors (Lipinski definition) is 6. The molecule has 0 aliphatic carbocycles. The summed E-state index contributed by atoms with van der Waals surface area (Å²) in [6.45, 7) is 2.77. The number of pyridine rings is 1. The molecule has 0 amide bonds. The Hall–Kier alpha value is -3.20. The van der Waals surface area contributed by atoms with E-state index in [1.54, 1.807) is 4.90 Å². The van der Waals surface area contributed by atoms with E-state index in [-0.39, 0.29) is 6.04 Å². The van der Waals surface area contributed by atoms with E-state index < -0.39 is 0 Å². The zero-order valence-corrected chi connectivity index (χ0v) is 13.9. The number of hydrogen-bond donors (Lipinski definition) is 0. The predicted octanol–water partition coefficient (Wildman–Crippen LogP) is 3.73. The first kappa shape index (κ1) is 15.3. The van der Waals surface area contributed by atoms with Crippen LogP contribution < -0.4 is 0 Å². The van der Waals surface area contributed by atoms with Gasteiger partial charge in [-0.2, -0.15) is 10.2 Å². The highest BCUT2D eigenvalue weighted by molar-refractivity contribution is 5.69. The molecule has 1 saturated heterocycles. The number of aryl methyl sites for hydroxylation is 1. The third-order valence-electron chi connectivity index (χ3n) is 4.44. The molecule has 25 heavy (non-hydrogen) atoms. The summed E-state index contributed by atoms with van der Waals surface area (Å²) in [4.78, 5) is 10.5. The lowest BCUT2D eigenvalue weighted by atomic mass is 10.0. The molecular formula is C19H17N5O. The zero-order chi connectivity index (χ0) is 17.2. The van der Waals surface area contributed by atoms with Gasteiger partial charge < -0.3 is 4.52 Å². The molecule has 124 valence electrons. The van der Waals surface area contributed by atoms with E-state index in [2.05, 4.69) is 27.4 Å². The second kappa shape index (κ2) is 6.36. The van der Waals surface area contributed by atoms with E-state index in [9.17, 15) is 5.26 Å². The van der Waals surface area contributed by atoms with Crippen molar-refractivity contribution in [3.8, 4) is 28.8 Å². The summed E-state index contributed by atoms with van der Waals surface area (Å²) in [7, 11) is 0. The summed E-state index contributed by atoms with van der Waals surface area (Å²) in [5.41, 5.74) is 4.07. The second-order valence-corrected chi connectivity index (χ2v) is 6.24. The van der Waals surface area contributed by atoms with Crippen LogP contribution in [0.4, 0.5) is 0 Å². The number of nitrogens with zero attached hydrogens (tertiary/aromatic N) is 5. The van der Waals surface area contributed by atoms with Gasteiger partial charge in [0.15, 0.2) is 12.0 Å². The minimum absolute atomic E-state index is 0.0772. The van der Waals surface area contributed by atoms with E-state index in [1.165, 1.54) is 0 Å². The first-order chi connectivity index (χ1) is 12.2. The van der Waals surface area contributed by atoms with E-state index in [4.69, 9.17) is 4.52 Å². The van der Waals surface area contributed by atoms with Gasteiger partial charge in [-0.25, -0.2) is 0 Å². The third-order valence-corrected chi connectivity index (χ3v) is 4.44. The highest BCUT2D eigenvalue weighted by Crippen LogP contribution is 2.31. The molecule has 0 spiro atoms. The van der Waals surface area contributed by atoms with Gasteiger partial charge in [-0.3, -0.25) is 9.88 Å². The molecule has 1 unspecified atom stereocenters. The van der Waals surface area contributed by atoms with Gasteiger partial charge in [-0.1, -0.05) is 17.3 Å². The van der Waals surface area contributed by atoms with Crippen LogP contribution in [0.1, 0.15) is 30.3 Å². The molecule has 3 aromatic rings. The molecule has 1 fully saturated rings. The number of aromatic nitrogens is 3. The Balaban J connectivity index is 1.65. The lowest BCUT2D eigenvalue weighted by molar-refractivity contribution is 0.339. The van der Waals surface area contributed by atoms with Gasteiger partial charge in [0, 0.05) is 30.1 Å². The molecule has 1 atom stereocenters. The second-order valence-electron chi connectivity index (χ2n) is 6.24. The first-order valence-electron chi connectivity index (χ1n) is 8.27. The third kappa shape index (κ3) is 2.96. The maximum atomic E-state index is 9.19. The van der Waals surface area contributed by atoms with Gasteiger partial charge in [-0.15, -0.1) is 0 Å². The van der Waals surface area contributed by atoms with Crippen LogP contribution in [0.15, 0.2) is 47.2 Å². The highest BCUT2D eigenvalue weighted by Gasteiger charge is 2.29. The van der Waals surface area contributed by atoms with Crippen molar-refractivity contribution in [3.05, 3.63) is 54.1 Å². The number of benzene rings is 1. The van der Waals surface area contributed by atoms with Gasteiger partial charge in [0.05, 0.1) is 0 Å². The molecule has 4 rings (SSSR count). The van der Waals surface area contributed by atoms with Crippen LogP contribution in [-0.4, -0.2) is 26.6 Å². The average Bonchev–Trinajstić information content (AvgIpc) is 3.30. The molecule has 1 aliphatic heterocycles. The van der Waals surface area contributed by atoms with Gasteiger partial charge in [0.2, 0.25) is 0 Å². The smallest absolute Gasteiger partial charge is 0.258 e. The topological polar surface area (TPSA) is 78.8 Å². The first-order valence-corrected chi connectivity index (χ1v) is 8.27. The Morgan fingerprint density at radius 3 is 2.92 bits per heavy atom. The molecule has 0 N–H and O–H groups in total. The Kier molecular flexibility index (Phi) is 3.90. The van der Waals surface area contributed by atoms with E-state index in [1.807, 2.05) is 43.6 Å². The van der Waals surface area contributed by atoms with Crippen molar-refractivity contribution >= 4 is 0 Å². The quantitative estimate of drug-likeness (QED) is 0.681. The molecule has 6 nitrogen and oxygen atoms in total. The van der Waals surface area contributed by atoms with Gasteiger partial charge in [0.25, 0.3) is 5.89 Å². The molecule has 3 heterocycles. The standard InChI is InChI=1S/C19H17N5O/c1-13-8-16(11-21-10-13)14-4-2-5-15(9-14)19-22-18(23-25-19)17-6-3-7-24(17)12-20/h2,4-5,8-11,17H,3,6-7H2,1H3. The lowest BCUT2D eigenvalue weighted by Crippen LogP contribution is -2.17. The Bertz CT molecular complexity index is 943. The van der Waals surface area contributed by atoms with Gasteiger partial charge in [0.1, 0.15) is 6.04 Å². The zero-order valence-electron chi connectivity index (χ0n) is 13.9. The highest BCUT2D eigenvalue weighted by atomic mass is 16.5. The van der Waals surface area contributed by atoms with E-state index in [0.29, 0.717) is 11.7 Å². The molecular weight excluding hydrogens is 314 g/mol. The van der Waals surface area contributed by atoms with Crippen molar-refractivity contribution in [2.45, 2.75) is 25.8 Å². The SMILES string of the molecule is Cc1cncc(-c2cccc(-c3nc(C4CCCN4C#N)no3)c2)c1. The molecule has 6 heteroatoms. The summed E-state index contributed by atoms with van der Waals surface area (Å²) in [5.74, 6) is 1.05. The number of nitriles is 1. The monoisotopic (exact) mass is 331 g/mol. The van der Waals surface area contributed by atoms with E-state index in [0.717, 1.165) is 41.6 Å². The average molecular weight is 331 g/mol. The van der Waals surface area contributed by atoms with Crippen molar-refractivity contribution in [2.24, 2.45) is 0 Å². The van der Waals surface area contributed by atoms with Crippen LogP contribution in [0.5, 0.6) is 0 Å². The predicted molar refractivity (Wildman–Crippen MR) is 92.0 cm³/mol. The summed E-state index contributed by atoms with van der Waals surface area (Å²) >= 11 is 0. The molecule has 0 saturated carbocycles. The van der Waals surface area contributed by atoms with Crippen molar-refractivity contribution < 1.29 is 4.52 Å². The fraction of sp³-hybridized carbons (Fsp3) is 0.263. The maximum Gasteiger partial charge on any atom is 0.258 e. The Morgan fingerprint density at radius 2 is 2.08 bits per heavy atom. The number of likely N-dealkylation sites (tertiary alicyclic amines) is 1. The van der Waals surface area contributed by atoms with Gasteiger partial charge >= 0.3 is 0 Å². The van der Waals surface area contributed by atoms with Crippen LogP contribution in [0.25, 0.3) is 22.6 Å². The Labute approximate surface area is 145 Å². The molecule has 0 bridgehead atoms. The summed E-state index contributed by atoms with van der Waals surface area (Å²) in [5, 5.41) is 13.3. The van der Waals surface area contributed by atoms with Crippen molar-refractivity contribution in [1.82, 2.24) is 20.0 Å². The fourth-order valence-corrected chi connectivity index (χ4v) is 3.19. The largest absolute Gasteiger partial charge is 0.334 e. The molecule has 0 radical (unpaired) electrons. The van der Waals surface area contributed by atoms with Crippen molar-refractivity contribution in [1.29, 1.82) is 5.26 Å².